The first-order valence-electron chi connectivity index (χ1n) is 36.0. The lowest BCUT2D eigenvalue weighted by molar-refractivity contribution is 0.0577. The monoisotopic (exact) mass is 1320 g/mol. The van der Waals surface area contributed by atoms with Crippen LogP contribution in [0.1, 0.15) is 173 Å². The van der Waals surface area contributed by atoms with Crippen LogP contribution in [0.3, 0.4) is 0 Å². The lowest BCUT2D eigenvalue weighted by Crippen LogP contribution is -2.39. The van der Waals surface area contributed by atoms with Crippen molar-refractivity contribution >= 4 is 75.6 Å². The Morgan fingerprint density at radius 1 is 0.418 bits per heavy atom. The van der Waals surface area contributed by atoms with E-state index in [0.29, 0.717) is 48.7 Å². The van der Waals surface area contributed by atoms with E-state index < -0.39 is 5.60 Å². The maximum atomic E-state index is 12.4. The van der Waals surface area contributed by atoms with E-state index in [9.17, 15) is 4.79 Å². The highest BCUT2D eigenvalue weighted by molar-refractivity contribution is 5.90. The summed E-state index contributed by atoms with van der Waals surface area (Å²) in [4.78, 5) is 20.8. The topological polar surface area (TPSA) is 73.4 Å². The number of benzene rings is 7. The van der Waals surface area contributed by atoms with Crippen molar-refractivity contribution in [3.63, 3.8) is 0 Å². The number of pyridine rings is 1. The number of carbonyl (C=O) groups is 1. The summed E-state index contributed by atoms with van der Waals surface area (Å²) in [6.07, 6.45) is 34.7. The number of allylic oxidation sites excluding steroid dienone is 6. The number of aryl methyl sites for hydroxylation is 3. The number of hydrogen-bond acceptors (Lipinski definition) is 7. The maximum Gasteiger partial charge on any atom is 0.414 e. The van der Waals surface area contributed by atoms with Crippen LogP contribution in [0.4, 0.5) is 16.2 Å². The van der Waals surface area contributed by atoms with Crippen molar-refractivity contribution in [2.45, 2.75) is 148 Å². The molecule has 0 aliphatic carbocycles. The van der Waals surface area contributed by atoms with Gasteiger partial charge in [0.1, 0.15) is 24.6 Å². The molecule has 0 radical (unpaired) electrons. The second-order valence-electron chi connectivity index (χ2n) is 28.9. The predicted molar refractivity (Wildman–Crippen MR) is 423 cm³/mol. The van der Waals surface area contributed by atoms with Crippen LogP contribution in [0.15, 0.2) is 188 Å². The fraction of sp³-hybridized carbons (Fsp3) is 0.378. The second-order valence-corrected chi connectivity index (χ2v) is 28.9. The number of anilines is 2. The molecular weight excluding hydrogens is 1200 g/mol. The van der Waals surface area contributed by atoms with Gasteiger partial charge in [-0.25, -0.2) is 4.79 Å². The number of rotatable bonds is 12. The van der Waals surface area contributed by atoms with E-state index in [1.807, 2.05) is 57.3 Å². The van der Waals surface area contributed by atoms with Gasteiger partial charge in [0.15, 0.2) is 11.5 Å². The SMILES string of the molecule is CC(C)C=Cc1ccc2c(c1)CCCN2C.CC(C)C=Cc1ccc2c(c1)CCCN2C(=O)OC(C)(C)C.CC(C)C=Cc1ccc2c(c1)CCCO2.CC(C)C=Cc1ccc2c(c1)OCCO2.CC(C)C=Cc1ccc2ccccc2c1.CC(C)C=Cc1ccc2ncccc2c1. The Bertz CT molecular complexity index is 3810. The van der Waals surface area contributed by atoms with Crippen LogP contribution in [0, 0.1) is 35.5 Å². The number of ether oxygens (including phenoxy) is 4. The largest absolute Gasteiger partial charge is 0.493 e. The number of aromatic nitrogens is 1. The van der Waals surface area contributed by atoms with Crippen LogP contribution >= 0.6 is 0 Å². The molecule has 98 heavy (non-hydrogen) atoms. The van der Waals surface area contributed by atoms with E-state index in [0.717, 1.165) is 72.9 Å². The standard InChI is InChI=1S/C19H27NO2.C15H21N.C15H16.C14H15N.C14H18O.C13H16O2/c1-14(2)8-9-15-10-11-17-16(13-15)7-6-12-20(17)18(21)22-19(3,4)5;1-12(2)6-7-13-8-9-15-14(11-13)5-4-10-16(15)3;1-12(2)7-8-13-9-10-14-5-3-4-6-15(14)11-13;2*1-11(2)5-6-12-7-8-14-13(10-12)4-3-9-15-14;1-10(2)3-4-11-5-6-12-13(9-11)15-8-7-14-12/h8-11,13-14H,6-7,12H2,1-5H3;6-9,11-12H,4-5,10H2,1-3H3;3-12H,1-2H3;3-11H,1-2H3;5-8,10-11H,3-4,9H2,1-2H3;3-6,9-10H,7-8H2,1-2H3. The molecule has 518 valence electrons. The molecule has 8 aromatic rings. The molecule has 0 saturated carbocycles. The van der Waals surface area contributed by atoms with Crippen molar-refractivity contribution in [2.24, 2.45) is 35.5 Å². The highest BCUT2D eigenvalue weighted by atomic mass is 16.6. The molecule has 1 aromatic heterocycles. The fourth-order valence-corrected chi connectivity index (χ4v) is 11.1. The molecular formula is C90H113N3O5. The van der Waals surface area contributed by atoms with Gasteiger partial charge in [-0.1, -0.05) is 229 Å². The lowest BCUT2D eigenvalue weighted by atomic mass is 9.99. The fourth-order valence-electron chi connectivity index (χ4n) is 11.1. The molecule has 0 N–H and O–H groups in total. The van der Waals surface area contributed by atoms with Gasteiger partial charge >= 0.3 is 6.09 Å². The zero-order chi connectivity index (χ0) is 70.6. The van der Waals surface area contributed by atoms with Gasteiger partial charge in [-0.2, -0.15) is 0 Å². The molecule has 12 rings (SSSR count). The molecule has 0 spiro atoms. The molecule has 8 heteroatoms. The molecule has 4 aliphatic rings. The van der Waals surface area contributed by atoms with Gasteiger partial charge in [0.05, 0.1) is 17.8 Å². The van der Waals surface area contributed by atoms with Gasteiger partial charge in [0, 0.05) is 37.4 Å². The summed E-state index contributed by atoms with van der Waals surface area (Å²) in [5.41, 5.74) is 14.6. The van der Waals surface area contributed by atoms with Gasteiger partial charge in [-0.05, 0) is 228 Å². The Hall–Kier alpha value is -8.88. The Balaban J connectivity index is 0.000000167. The molecule has 4 aliphatic heterocycles. The average molecular weight is 1320 g/mol. The molecule has 0 atom stereocenters. The first-order chi connectivity index (χ1) is 46.9. The quantitative estimate of drug-likeness (QED) is 0.121. The molecule has 0 fully saturated rings. The van der Waals surface area contributed by atoms with Gasteiger partial charge in [0.2, 0.25) is 0 Å². The van der Waals surface area contributed by atoms with Crippen molar-refractivity contribution in [3.05, 3.63) is 238 Å². The van der Waals surface area contributed by atoms with Crippen molar-refractivity contribution in [1.82, 2.24) is 4.98 Å². The molecule has 1 amide bonds. The number of hydrogen-bond donors (Lipinski definition) is 0. The van der Waals surface area contributed by atoms with Gasteiger partial charge < -0.3 is 23.8 Å². The Kier molecular flexibility index (Phi) is 30.4. The number of carbonyl (C=O) groups excluding carboxylic acids is 1. The third-order valence-electron chi connectivity index (χ3n) is 16.2. The number of fused-ring (bicyclic) bond motifs is 6. The minimum absolute atomic E-state index is 0.251. The summed E-state index contributed by atoms with van der Waals surface area (Å²) < 4.78 is 22.1. The van der Waals surface area contributed by atoms with E-state index in [1.165, 1.54) is 85.7 Å². The molecule has 7 aromatic carbocycles. The van der Waals surface area contributed by atoms with Gasteiger partial charge in [-0.15, -0.1) is 0 Å². The average Bonchev–Trinajstić information content (AvgIpc) is 0.820. The summed E-state index contributed by atoms with van der Waals surface area (Å²) >= 11 is 0. The Morgan fingerprint density at radius 2 is 0.837 bits per heavy atom. The Labute approximate surface area is 589 Å². The highest BCUT2D eigenvalue weighted by Crippen LogP contribution is 2.33. The summed E-state index contributed by atoms with van der Waals surface area (Å²) in [7, 11) is 2.18. The van der Waals surface area contributed by atoms with E-state index in [4.69, 9.17) is 18.9 Å². The molecule has 0 bridgehead atoms. The highest BCUT2D eigenvalue weighted by Gasteiger charge is 2.27. The third kappa shape index (κ3) is 26.5. The zero-order valence-electron chi connectivity index (χ0n) is 62.0. The molecule has 0 unspecified atom stereocenters. The molecule has 5 heterocycles. The van der Waals surface area contributed by atoms with Crippen molar-refractivity contribution < 1.29 is 23.7 Å². The predicted octanol–water partition coefficient (Wildman–Crippen LogP) is 24.0. The van der Waals surface area contributed by atoms with Crippen LogP contribution < -0.4 is 24.0 Å². The Morgan fingerprint density at radius 3 is 1.40 bits per heavy atom. The summed E-state index contributed by atoms with van der Waals surface area (Å²) in [5, 5.41) is 3.81. The minimum atomic E-state index is -0.464. The van der Waals surface area contributed by atoms with Crippen LogP contribution in [0.5, 0.6) is 17.2 Å². The summed E-state index contributed by atoms with van der Waals surface area (Å²) in [5.74, 6) is 6.31. The van der Waals surface area contributed by atoms with Crippen molar-refractivity contribution in [2.75, 3.05) is 49.8 Å². The van der Waals surface area contributed by atoms with Crippen LogP contribution in [-0.4, -0.2) is 56.6 Å². The van der Waals surface area contributed by atoms with Crippen molar-refractivity contribution in [1.29, 1.82) is 0 Å². The normalized spacial score (nSPS) is 14.2. The van der Waals surface area contributed by atoms with Gasteiger partial charge in [0.25, 0.3) is 0 Å². The molecule has 8 nitrogen and oxygen atoms in total. The smallest absolute Gasteiger partial charge is 0.414 e. The number of amides is 1. The summed E-state index contributed by atoms with van der Waals surface area (Å²) in [6, 6.07) is 51.0. The van der Waals surface area contributed by atoms with Gasteiger partial charge in [-0.3, -0.25) is 9.88 Å². The van der Waals surface area contributed by atoms with E-state index >= 15 is 0 Å². The maximum absolute atomic E-state index is 12.4. The third-order valence-corrected chi connectivity index (χ3v) is 16.2. The molecule has 0 saturated heterocycles. The number of nitrogens with zero attached hydrogens (tertiary/aromatic N) is 3. The lowest BCUT2D eigenvalue weighted by Gasteiger charge is -2.31. The van der Waals surface area contributed by atoms with Crippen LogP contribution in [-0.2, 0) is 24.0 Å². The summed E-state index contributed by atoms with van der Waals surface area (Å²) in [6.45, 7) is 36.0. The van der Waals surface area contributed by atoms with E-state index in [-0.39, 0.29) is 6.09 Å². The van der Waals surface area contributed by atoms with E-state index in [1.54, 1.807) is 4.90 Å². The minimum Gasteiger partial charge on any atom is -0.493 e. The van der Waals surface area contributed by atoms with Crippen molar-refractivity contribution in [3.8, 4) is 17.2 Å². The van der Waals surface area contributed by atoms with Crippen LogP contribution in [0.25, 0.3) is 58.1 Å². The van der Waals surface area contributed by atoms with E-state index in [2.05, 4.69) is 288 Å². The first kappa shape index (κ1) is 76.5. The first-order valence-corrected chi connectivity index (χ1v) is 36.0. The van der Waals surface area contributed by atoms with Crippen LogP contribution in [0.2, 0.25) is 0 Å². The zero-order valence-corrected chi connectivity index (χ0v) is 62.0. The second kappa shape index (κ2) is 38.9.